The van der Waals surface area contributed by atoms with Crippen molar-refractivity contribution in [2.24, 2.45) is 5.41 Å². The standard InChI is InChI=1S/C60H84FN11O10/c1-8-48(40-14-10-9-11-15-40)66-57(76)52-34-43(36-72(52)59(78)54(60(3,4)5)67-56(75)39(2)63-6)65-53(74)21-25-80-27-29-82-31-30-81-28-26-79-24-20-44(73)16-12-22-70-37-47-41-32-51(55(62)64-35-41)71-23-13-17-50(71)46-33-42(61)18-19-45(46)58(77)69(7)38-49(47)68-70/h9-11,14-15,18-19,32-33,35,37,39,43,48,50,52,54,63H,8,12-13,16-17,20-31,34,36,38H2,1-7H3,(H2,62,64)(H,65,74)(H,66,76)(H,67,75)/t39-,43-,48+,50-,52-,54+/m1/s1. The number of amides is 5. The summed E-state index contributed by atoms with van der Waals surface area (Å²) in [5.41, 5.74) is 10.8. The molecular weight excluding hydrogens is 1050 g/mol. The number of halogens is 1. The van der Waals surface area contributed by atoms with Gasteiger partial charge in [0, 0.05) is 81.1 Å². The van der Waals surface area contributed by atoms with Gasteiger partial charge in [-0.1, -0.05) is 58.0 Å². The van der Waals surface area contributed by atoms with Gasteiger partial charge in [0.25, 0.3) is 5.91 Å². The summed E-state index contributed by atoms with van der Waals surface area (Å²) < 4.78 is 39.0. The van der Waals surface area contributed by atoms with Gasteiger partial charge >= 0.3 is 0 Å². The third kappa shape index (κ3) is 16.9. The van der Waals surface area contributed by atoms with E-state index in [0.29, 0.717) is 88.0 Å². The summed E-state index contributed by atoms with van der Waals surface area (Å²) in [7, 11) is 3.38. The van der Waals surface area contributed by atoms with Gasteiger partial charge in [0.05, 0.1) is 88.9 Å². The van der Waals surface area contributed by atoms with Crippen LogP contribution in [0.3, 0.4) is 0 Å². The van der Waals surface area contributed by atoms with Crippen LogP contribution in [0, 0.1) is 11.2 Å². The molecule has 3 aliphatic rings. The topological polar surface area (TPSA) is 254 Å². The number of likely N-dealkylation sites (N-methyl/N-ethyl adjacent to an activating group) is 1. The molecule has 6 atom stereocenters. The molecule has 5 heterocycles. The number of ketones is 1. The number of hydrogen-bond donors (Lipinski definition) is 5. The summed E-state index contributed by atoms with van der Waals surface area (Å²) in [4.78, 5) is 91.0. The number of nitrogen functional groups attached to an aromatic ring is 1. The average molecular weight is 1140 g/mol. The van der Waals surface area contributed by atoms with Crippen LogP contribution in [0.5, 0.6) is 0 Å². The fourth-order valence-corrected chi connectivity index (χ4v) is 10.7. The van der Waals surface area contributed by atoms with E-state index < -0.39 is 41.3 Å². The normalized spacial score (nSPS) is 18.1. The van der Waals surface area contributed by atoms with Crippen molar-refractivity contribution in [3.8, 4) is 11.1 Å². The summed E-state index contributed by atoms with van der Waals surface area (Å²) >= 11 is 0. The molecule has 0 saturated carbocycles. The van der Waals surface area contributed by atoms with E-state index in [1.807, 2.05) is 70.3 Å². The van der Waals surface area contributed by atoms with Crippen molar-refractivity contribution in [3.05, 3.63) is 95.2 Å². The summed E-state index contributed by atoms with van der Waals surface area (Å²) in [6, 6.07) is 12.6. The SMILES string of the molecule is CC[C@H](NC(=O)[C@H]1C[C@@H](NC(=O)CCOCCOCCOCCOCCC(=O)CCCn2cc3c(n2)CN(C)C(=O)c2ccc(F)cc2[C@H]2CCCN2c2cc-3cnc2N)CN1C(=O)[C@H](NC(=O)[C@@H](C)NC)C(C)(C)C)c1ccccc1. The van der Waals surface area contributed by atoms with Crippen LogP contribution < -0.4 is 31.9 Å². The molecule has 2 fully saturated rings. The summed E-state index contributed by atoms with van der Waals surface area (Å²) in [6.45, 7) is 13.0. The van der Waals surface area contributed by atoms with Crippen LogP contribution in [-0.4, -0.2) is 164 Å². The molecule has 0 spiro atoms. The first-order valence-electron chi connectivity index (χ1n) is 28.8. The molecule has 446 valence electrons. The second-order valence-electron chi connectivity index (χ2n) is 22.4. The van der Waals surface area contributed by atoms with Crippen LogP contribution in [0.4, 0.5) is 15.9 Å². The number of hydrogen-bond acceptors (Lipinski definition) is 15. The Kier molecular flexibility index (Phi) is 22.9. The average Bonchev–Trinajstić information content (AvgIpc) is 4.41. The monoisotopic (exact) mass is 1140 g/mol. The maximum absolute atomic E-state index is 14.7. The van der Waals surface area contributed by atoms with Gasteiger partial charge in [-0.2, -0.15) is 5.10 Å². The number of anilines is 2. The molecule has 6 N–H and O–H groups in total. The molecule has 7 rings (SSSR count). The molecule has 4 aromatic rings. The first kappa shape index (κ1) is 62.7. The predicted molar refractivity (Wildman–Crippen MR) is 308 cm³/mol. The van der Waals surface area contributed by atoms with Crippen LogP contribution in [0.25, 0.3) is 11.1 Å². The molecule has 21 nitrogen and oxygen atoms in total. The number of nitrogens with two attached hydrogens (primary N) is 1. The Bertz CT molecular complexity index is 2810. The molecule has 0 aliphatic carbocycles. The molecule has 0 unspecified atom stereocenters. The molecule has 22 heteroatoms. The second kappa shape index (κ2) is 29.9. The van der Waals surface area contributed by atoms with E-state index in [9.17, 15) is 33.2 Å². The number of nitrogens with zero attached hydrogens (tertiary/aromatic N) is 6. The van der Waals surface area contributed by atoms with Crippen molar-refractivity contribution >= 4 is 46.8 Å². The number of carbonyl (C=O) groups is 6. The third-order valence-corrected chi connectivity index (χ3v) is 15.3. The number of ether oxygens (including phenoxy) is 4. The van der Waals surface area contributed by atoms with Crippen molar-refractivity contribution in [2.75, 3.05) is 90.7 Å². The molecule has 2 bridgehead atoms. The summed E-state index contributed by atoms with van der Waals surface area (Å²) in [5.74, 6) is -1.56. The lowest BCUT2D eigenvalue weighted by atomic mass is 9.85. The summed E-state index contributed by atoms with van der Waals surface area (Å²) in [6.07, 6.45) is 7.28. The highest BCUT2D eigenvalue weighted by Gasteiger charge is 2.46. The number of pyridine rings is 1. The number of aromatic nitrogens is 3. The quantitative estimate of drug-likeness (QED) is 0.0454. The fraction of sp³-hybridized carbons (Fsp3) is 0.567. The maximum Gasteiger partial charge on any atom is 0.254 e. The van der Waals surface area contributed by atoms with Gasteiger partial charge in [-0.3, -0.25) is 33.4 Å². The Balaban J connectivity index is 0.762. The van der Waals surface area contributed by atoms with E-state index in [1.165, 1.54) is 17.0 Å². The minimum atomic E-state index is -0.929. The first-order chi connectivity index (χ1) is 39.4. The number of aryl methyl sites for hydroxylation is 1. The minimum absolute atomic E-state index is 0.0634. The van der Waals surface area contributed by atoms with Crippen molar-refractivity contribution in [1.82, 2.24) is 45.8 Å². The lowest BCUT2D eigenvalue weighted by molar-refractivity contribution is -0.144. The number of rotatable bonds is 28. The maximum atomic E-state index is 14.7. The highest BCUT2D eigenvalue weighted by Crippen LogP contribution is 2.42. The minimum Gasteiger partial charge on any atom is -0.382 e. The van der Waals surface area contributed by atoms with Crippen molar-refractivity contribution in [3.63, 3.8) is 0 Å². The van der Waals surface area contributed by atoms with Crippen LogP contribution in [0.2, 0.25) is 0 Å². The van der Waals surface area contributed by atoms with E-state index in [2.05, 4.69) is 31.2 Å². The van der Waals surface area contributed by atoms with Crippen LogP contribution in [-0.2, 0) is 56.0 Å². The Morgan fingerprint density at radius 2 is 1.56 bits per heavy atom. The van der Waals surface area contributed by atoms with Crippen molar-refractivity contribution in [1.29, 1.82) is 0 Å². The molecule has 5 amide bonds. The predicted octanol–water partition coefficient (Wildman–Crippen LogP) is 5.28. The number of carbonyl (C=O) groups excluding carboxylic acids is 6. The zero-order valence-electron chi connectivity index (χ0n) is 48.7. The van der Waals surface area contributed by atoms with Gasteiger partial charge in [0.15, 0.2) is 0 Å². The van der Waals surface area contributed by atoms with E-state index in [0.717, 1.165) is 35.2 Å². The number of likely N-dealkylation sites (tertiary alicyclic amines) is 1. The lowest BCUT2D eigenvalue weighted by Crippen LogP contribution is -2.59. The Labute approximate surface area is 480 Å². The number of Topliss-reactive ketones (excluding diaryl/α,β-unsaturated/α-hetero) is 1. The molecule has 2 saturated heterocycles. The van der Waals surface area contributed by atoms with Gasteiger partial charge < -0.3 is 60.6 Å². The van der Waals surface area contributed by atoms with Gasteiger partial charge in [-0.05, 0) is 86.9 Å². The Morgan fingerprint density at radius 3 is 2.23 bits per heavy atom. The molecule has 82 heavy (non-hydrogen) atoms. The van der Waals surface area contributed by atoms with Crippen LogP contribution in [0.15, 0.2) is 67.0 Å². The number of benzene rings is 2. The fourth-order valence-electron chi connectivity index (χ4n) is 10.7. The zero-order chi connectivity index (χ0) is 58.9. The van der Waals surface area contributed by atoms with Crippen LogP contribution >= 0.6 is 0 Å². The van der Waals surface area contributed by atoms with Gasteiger partial charge in [-0.25, -0.2) is 9.37 Å². The molecule has 3 aliphatic heterocycles. The first-order valence-corrected chi connectivity index (χ1v) is 28.8. The largest absolute Gasteiger partial charge is 0.382 e. The van der Waals surface area contributed by atoms with E-state index in [1.54, 1.807) is 42.9 Å². The lowest BCUT2D eigenvalue weighted by Gasteiger charge is -2.36. The molecule has 2 aromatic carbocycles. The number of fused-ring (bicyclic) bond motifs is 8. The van der Waals surface area contributed by atoms with Gasteiger partial charge in [-0.15, -0.1) is 0 Å². The highest BCUT2D eigenvalue weighted by molar-refractivity contribution is 5.96. The third-order valence-electron chi connectivity index (χ3n) is 15.3. The molecule has 2 aromatic heterocycles. The van der Waals surface area contributed by atoms with Gasteiger partial charge in [0.1, 0.15) is 29.5 Å². The van der Waals surface area contributed by atoms with E-state index in [-0.39, 0.29) is 93.7 Å². The zero-order valence-corrected chi connectivity index (χ0v) is 48.7. The Hall–Kier alpha value is -6.85. The molecule has 0 radical (unpaired) electrons. The van der Waals surface area contributed by atoms with Gasteiger partial charge in [0.2, 0.25) is 23.6 Å². The Morgan fingerprint density at radius 1 is 0.878 bits per heavy atom. The van der Waals surface area contributed by atoms with Crippen LogP contribution in [0.1, 0.15) is 125 Å². The van der Waals surface area contributed by atoms with Crippen molar-refractivity contribution < 1.29 is 52.1 Å². The van der Waals surface area contributed by atoms with E-state index >= 15 is 0 Å². The number of nitrogens with one attached hydrogen (secondary N) is 4. The van der Waals surface area contributed by atoms with E-state index in [4.69, 9.17) is 29.8 Å². The molecular formula is C60H84FN11O10. The second-order valence-corrected chi connectivity index (χ2v) is 22.4. The van der Waals surface area contributed by atoms with Crippen molar-refractivity contribution in [2.45, 2.75) is 135 Å². The summed E-state index contributed by atoms with van der Waals surface area (Å²) in [5, 5.41) is 16.8. The highest BCUT2D eigenvalue weighted by atomic mass is 19.1. The smallest absolute Gasteiger partial charge is 0.254 e.